The van der Waals surface area contributed by atoms with E-state index in [1.165, 1.54) is 22.9 Å². The Labute approximate surface area is 377 Å². The number of nitrogens with two attached hydrogens (primary N) is 1. The smallest absolute Gasteiger partial charge is 0.264 e. The van der Waals surface area contributed by atoms with Gasteiger partial charge in [0.2, 0.25) is 17.7 Å². The SMILES string of the molecule is CN=C/C(=C\N)c1cc2c(cc1C(F)F)N(c1nn(C3CCN(Cc4ccc(CCOc5cccc6c5CN(C5CCC(=O)NC5=O)C6=O)cc4)CC3)c3c1CN(C(C)=O)CC3)CCC2. The number of fused-ring (bicyclic) bond motifs is 3. The third kappa shape index (κ3) is 8.75. The van der Waals surface area contributed by atoms with Crippen molar-refractivity contribution in [2.45, 2.75) is 96.4 Å². The van der Waals surface area contributed by atoms with E-state index in [-0.39, 0.29) is 42.3 Å². The minimum atomic E-state index is -2.72. The number of amides is 4. The summed E-state index contributed by atoms with van der Waals surface area (Å²) in [5.74, 6) is 0.404. The molecule has 340 valence electrons. The number of piperidine rings is 2. The maximum atomic E-state index is 14.7. The van der Waals surface area contributed by atoms with E-state index in [1.54, 1.807) is 32.2 Å². The maximum Gasteiger partial charge on any atom is 0.264 e. The van der Waals surface area contributed by atoms with Gasteiger partial charge in [-0.2, -0.15) is 5.10 Å². The molecular formula is C49H55F2N9O5. The monoisotopic (exact) mass is 887 g/mol. The summed E-state index contributed by atoms with van der Waals surface area (Å²) in [6.45, 7) is 6.54. The first-order chi connectivity index (χ1) is 31.5. The van der Waals surface area contributed by atoms with E-state index in [9.17, 15) is 28.0 Å². The zero-order valence-electron chi connectivity index (χ0n) is 36.9. The van der Waals surface area contributed by atoms with Gasteiger partial charge in [0, 0.05) is 118 Å². The fraction of sp³-hybridized carbons (Fsp3) is 0.429. The molecule has 0 aliphatic carbocycles. The Balaban J connectivity index is 0.841. The lowest BCUT2D eigenvalue weighted by Crippen LogP contribution is -2.52. The molecule has 65 heavy (non-hydrogen) atoms. The molecule has 5 aliphatic heterocycles. The number of likely N-dealkylation sites (tertiary alicyclic amines) is 1. The molecule has 4 aromatic rings. The number of anilines is 2. The zero-order valence-corrected chi connectivity index (χ0v) is 36.9. The second kappa shape index (κ2) is 18.6. The number of nitrogens with zero attached hydrogens (tertiary/aromatic N) is 7. The molecule has 5 aliphatic rings. The second-order valence-electron chi connectivity index (χ2n) is 17.6. The van der Waals surface area contributed by atoms with Gasteiger partial charge in [-0.05, 0) is 78.6 Å². The number of imide groups is 1. The number of aromatic nitrogens is 2. The Morgan fingerprint density at radius 1 is 0.969 bits per heavy atom. The highest BCUT2D eigenvalue weighted by Gasteiger charge is 2.40. The van der Waals surface area contributed by atoms with Gasteiger partial charge in [0.25, 0.3) is 12.3 Å². The highest BCUT2D eigenvalue weighted by atomic mass is 19.3. The van der Waals surface area contributed by atoms with Gasteiger partial charge in [0.15, 0.2) is 5.82 Å². The van der Waals surface area contributed by atoms with Crippen LogP contribution in [0.5, 0.6) is 5.75 Å². The van der Waals surface area contributed by atoms with Crippen molar-refractivity contribution >= 4 is 46.9 Å². The minimum absolute atomic E-state index is 0.00165. The summed E-state index contributed by atoms with van der Waals surface area (Å²) in [5.41, 5.74) is 14.0. The molecule has 3 aromatic carbocycles. The number of allylic oxidation sites excluding steroid dienone is 1. The number of aryl methyl sites for hydroxylation is 1. The van der Waals surface area contributed by atoms with E-state index in [1.807, 2.05) is 17.0 Å². The summed E-state index contributed by atoms with van der Waals surface area (Å²) in [6, 6.07) is 16.9. The Bertz CT molecular complexity index is 2560. The molecule has 1 unspecified atom stereocenters. The van der Waals surface area contributed by atoms with Gasteiger partial charge in [-0.25, -0.2) is 8.78 Å². The van der Waals surface area contributed by atoms with Crippen LogP contribution in [0.1, 0.15) is 106 Å². The van der Waals surface area contributed by atoms with Crippen molar-refractivity contribution in [1.82, 2.24) is 29.8 Å². The first-order valence-electron chi connectivity index (χ1n) is 22.6. The molecule has 0 radical (unpaired) electrons. The summed E-state index contributed by atoms with van der Waals surface area (Å²) in [4.78, 5) is 62.0. The normalized spacial score (nSPS) is 19.5. The average Bonchev–Trinajstić information content (AvgIpc) is 3.86. The van der Waals surface area contributed by atoms with E-state index in [0.29, 0.717) is 68.0 Å². The van der Waals surface area contributed by atoms with E-state index >= 15 is 0 Å². The third-order valence-corrected chi connectivity index (χ3v) is 13.6. The largest absolute Gasteiger partial charge is 0.493 e. The zero-order chi connectivity index (χ0) is 45.4. The van der Waals surface area contributed by atoms with Crippen LogP contribution in [-0.2, 0) is 53.3 Å². The van der Waals surface area contributed by atoms with E-state index in [4.69, 9.17) is 15.6 Å². The van der Waals surface area contributed by atoms with Crippen LogP contribution in [-0.4, -0.2) is 100 Å². The van der Waals surface area contributed by atoms with Crippen molar-refractivity contribution in [3.05, 3.63) is 111 Å². The highest BCUT2D eigenvalue weighted by molar-refractivity contribution is 6.10. The van der Waals surface area contributed by atoms with Crippen LogP contribution in [0.2, 0.25) is 0 Å². The number of rotatable bonds is 12. The van der Waals surface area contributed by atoms with Gasteiger partial charge >= 0.3 is 0 Å². The number of benzene rings is 3. The van der Waals surface area contributed by atoms with Gasteiger partial charge in [0.05, 0.1) is 25.7 Å². The number of carbonyl (C=O) groups excluding carboxylic acids is 4. The number of ether oxygens (including phenoxy) is 1. The van der Waals surface area contributed by atoms with Crippen molar-refractivity contribution in [1.29, 1.82) is 0 Å². The highest BCUT2D eigenvalue weighted by Crippen LogP contribution is 2.43. The van der Waals surface area contributed by atoms with Crippen LogP contribution in [0, 0.1) is 0 Å². The third-order valence-electron chi connectivity index (χ3n) is 13.6. The molecule has 0 bridgehead atoms. The minimum Gasteiger partial charge on any atom is -0.493 e. The summed E-state index contributed by atoms with van der Waals surface area (Å²) in [6.07, 6.45) is 5.35. The number of hydrogen-bond donors (Lipinski definition) is 2. The molecule has 3 N–H and O–H groups in total. The van der Waals surface area contributed by atoms with Gasteiger partial charge < -0.3 is 25.2 Å². The number of nitrogens with one attached hydrogen (secondary N) is 1. The van der Waals surface area contributed by atoms with Crippen molar-refractivity contribution in [2.75, 3.05) is 44.7 Å². The average molecular weight is 888 g/mol. The predicted molar refractivity (Wildman–Crippen MR) is 242 cm³/mol. The number of aliphatic imine (C=N–C) groups is 1. The molecule has 2 fully saturated rings. The van der Waals surface area contributed by atoms with Crippen LogP contribution in [0.3, 0.4) is 0 Å². The number of hydrogen-bond acceptors (Lipinski definition) is 10. The fourth-order valence-electron chi connectivity index (χ4n) is 10.2. The fourth-order valence-corrected chi connectivity index (χ4v) is 10.2. The lowest BCUT2D eigenvalue weighted by atomic mass is 9.92. The van der Waals surface area contributed by atoms with Crippen LogP contribution in [0.25, 0.3) is 5.57 Å². The first-order valence-corrected chi connectivity index (χ1v) is 22.6. The second-order valence-corrected chi connectivity index (χ2v) is 17.6. The Morgan fingerprint density at radius 2 is 1.75 bits per heavy atom. The number of carbonyl (C=O) groups is 4. The van der Waals surface area contributed by atoms with E-state index in [2.05, 4.69) is 49.1 Å². The Kier molecular flexibility index (Phi) is 12.5. The topological polar surface area (TPSA) is 159 Å². The quantitative estimate of drug-likeness (QED) is 0.128. The molecule has 2 saturated heterocycles. The Hall–Kier alpha value is -6.42. The number of alkyl halides is 2. The van der Waals surface area contributed by atoms with E-state index < -0.39 is 18.4 Å². The molecule has 1 atom stereocenters. The first kappa shape index (κ1) is 43.8. The lowest BCUT2D eigenvalue weighted by Gasteiger charge is -2.34. The molecule has 9 rings (SSSR count). The molecule has 4 amide bonds. The van der Waals surface area contributed by atoms with Gasteiger partial charge in [0.1, 0.15) is 11.8 Å². The summed E-state index contributed by atoms with van der Waals surface area (Å²) in [5, 5.41) is 7.66. The summed E-state index contributed by atoms with van der Waals surface area (Å²) in [7, 11) is 1.59. The van der Waals surface area contributed by atoms with Gasteiger partial charge in [-0.15, -0.1) is 0 Å². The molecule has 14 nitrogen and oxygen atoms in total. The van der Waals surface area contributed by atoms with Crippen molar-refractivity contribution < 1.29 is 32.7 Å². The van der Waals surface area contributed by atoms with Gasteiger partial charge in [-0.1, -0.05) is 30.3 Å². The molecule has 1 aromatic heterocycles. The maximum absolute atomic E-state index is 14.7. The van der Waals surface area contributed by atoms with Crippen LogP contribution in [0.4, 0.5) is 20.3 Å². The lowest BCUT2D eigenvalue weighted by molar-refractivity contribution is -0.137. The number of halogens is 2. The van der Waals surface area contributed by atoms with Crippen LogP contribution < -0.4 is 20.7 Å². The van der Waals surface area contributed by atoms with E-state index in [0.717, 1.165) is 84.8 Å². The summed E-state index contributed by atoms with van der Waals surface area (Å²) >= 11 is 0. The summed E-state index contributed by atoms with van der Waals surface area (Å²) < 4.78 is 37.8. The molecule has 6 heterocycles. The van der Waals surface area contributed by atoms with Crippen molar-refractivity contribution in [3.8, 4) is 5.75 Å². The predicted octanol–water partition coefficient (Wildman–Crippen LogP) is 6.03. The van der Waals surface area contributed by atoms with Crippen molar-refractivity contribution in [2.24, 2.45) is 10.7 Å². The van der Waals surface area contributed by atoms with Gasteiger partial charge in [-0.3, -0.25) is 39.1 Å². The molecule has 0 saturated carbocycles. The molecule has 16 heteroatoms. The van der Waals surface area contributed by atoms with Crippen LogP contribution >= 0.6 is 0 Å². The molecular weight excluding hydrogens is 833 g/mol. The molecule has 0 spiro atoms. The van der Waals surface area contributed by atoms with Crippen LogP contribution in [0.15, 0.2) is 65.8 Å². The standard InChI is InChI=1S/C49H55F2N9O5/c1-30(61)57-21-16-41-40(28-57)47(58-18-4-5-33-23-37(34(25-52)26-53-2)38(46(50)51)24-43(33)58)55-60(41)35-14-19-56(20-15-35)27-32-10-8-31(9-11-32)17-22-65-44-7-3-6-36-39(44)29-59(49(36)64)42-12-13-45(62)54-48(42)63/h3,6-11,23-26,35,42,46H,4-5,12-22,27-29,52H2,1-2H3,(H,54,62,63)/b34-25+,53-26?. The van der Waals surface area contributed by atoms with Crippen molar-refractivity contribution in [3.63, 3.8) is 0 Å². The Morgan fingerprint density at radius 3 is 2.48 bits per heavy atom.